The maximum atomic E-state index is 11.3. The van der Waals surface area contributed by atoms with Crippen LogP contribution in [0.1, 0.15) is 19.3 Å². The van der Waals surface area contributed by atoms with E-state index in [-0.39, 0.29) is 18.2 Å². The molecule has 4 nitrogen and oxygen atoms in total. The number of aliphatic hydroxyl groups excluding tert-OH is 1. The summed E-state index contributed by atoms with van der Waals surface area (Å²) in [7, 11) is 1.34. The first-order chi connectivity index (χ1) is 6.22. The van der Waals surface area contributed by atoms with Crippen molar-refractivity contribution in [1.82, 2.24) is 0 Å². The Morgan fingerprint density at radius 3 is 3.00 bits per heavy atom. The van der Waals surface area contributed by atoms with Crippen molar-refractivity contribution in [2.45, 2.75) is 37.6 Å². The molecule has 0 aliphatic carbocycles. The lowest BCUT2D eigenvalue weighted by atomic mass is 9.92. The van der Waals surface area contributed by atoms with Crippen LogP contribution < -0.4 is 0 Å². The topological polar surface area (TPSA) is 55.8 Å². The molecule has 0 spiro atoms. The summed E-state index contributed by atoms with van der Waals surface area (Å²) in [6.45, 7) is 0. The van der Waals surface area contributed by atoms with Gasteiger partial charge in [0, 0.05) is 6.42 Å². The number of ether oxygens (including phenoxy) is 2. The third kappa shape index (κ3) is 1.44. The van der Waals surface area contributed by atoms with Gasteiger partial charge in [0.05, 0.1) is 25.4 Å². The fraction of sp³-hybridized carbons (Fsp3) is 0.889. The maximum Gasteiger partial charge on any atom is 0.313 e. The van der Waals surface area contributed by atoms with Crippen molar-refractivity contribution in [2.75, 3.05) is 7.11 Å². The number of fused-ring (bicyclic) bond motifs is 2. The molecule has 4 atom stereocenters. The number of hydrogen-bond acceptors (Lipinski definition) is 4. The molecule has 0 saturated carbocycles. The Balaban J connectivity index is 2.11. The smallest absolute Gasteiger partial charge is 0.313 e. The van der Waals surface area contributed by atoms with Gasteiger partial charge in [0.2, 0.25) is 0 Å². The van der Waals surface area contributed by atoms with Crippen molar-refractivity contribution in [2.24, 2.45) is 5.92 Å². The lowest BCUT2D eigenvalue weighted by Crippen LogP contribution is -2.43. The minimum atomic E-state index is -0.585. The van der Waals surface area contributed by atoms with Gasteiger partial charge in [-0.3, -0.25) is 4.79 Å². The van der Waals surface area contributed by atoms with Gasteiger partial charge in [-0.2, -0.15) is 0 Å². The highest BCUT2D eigenvalue weighted by Gasteiger charge is 2.46. The van der Waals surface area contributed by atoms with E-state index in [2.05, 4.69) is 4.74 Å². The molecule has 2 fully saturated rings. The molecule has 2 heterocycles. The molecule has 74 valence electrons. The van der Waals surface area contributed by atoms with Crippen molar-refractivity contribution < 1.29 is 19.4 Å². The molecule has 4 heteroatoms. The largest absolute Gasteiger partial charge is 0.469 e. The normalized spacial score (nSPS) is 43.2. The number of hydrogen-bond donors (Lipinski definition) is 1. The zero-order chi connectivity index (χ0) is 9.42. The molecular weight excluding hydrogens is 172 g/mol. The van der Waals surface area contributed by atoms with E-state index in [1.54, 1.807) is 0 Å². The van der Waals surface area contributed by atoms with Gasteiger partial charge in [-0.1, -0.05) is 0 Å². The highest BCUT2D eigenvalue weighted by molar-refractivity contribution is 5.74. The Hall–Kier alpha value is -0.610. The summed E-state index contributed by atoms with van der Waals surface area (Å²) in [6, 6.07) is 0. The summed E-state index contributed by atoms with van der Waals surface area (Å²) >= 11 is 0. The molecule has 0 unspecified atom stereocenters. The van der Waals surface area contributed by atoms with E-state index in [1.165, 1.54) is 7.11 Å². The van der Waals surface area contributed by atoms with Crippen LogP contribution >= 0.6 is 0 Å². The van der Waals surface area contributed by atoms with Crippen LogP contribution in [0, 0.1) is 5.92 Å². The molecule has 2 bridgehead atoms. The summed E-state index contributed by atoms with van der Waals surface area (Å²) in [6.07, 6.45) is 1.83. The summed E-state index contributed by atoms with van der Waals surface area (Å²) in [4.78, 5) is 11.3. The van der Waals surface area contributed by atoms with Crippen molar-refractivity contribution >= 4 is 5.97 Å². The lowest BCUT2D eigenvalue weighted by molar-refractivity contribution is -0.166. The predicted octanol–water partition coefficient (Wildman–Crippen LogP) is 0.0878. The average Bonchev–Trinajstić information content (AvgIpc) is 2.48. The number of aliphatic hydroxyl groups is 1. The minimum absolute atomic E-state index is 0.124. The molecule has 2 aliphatic rings. The third-order valence-corrected chi connectivity index (χ3v) is 2.93. The van der Waals surface area contributed by atoms with Crippen LogP contribution in [0.15, 0.2) is 0 Å². The molecule has 2 saturated heterocycles. The molecule has 0 aromatic rings. The minimum Gasteiger partial charge on any atom is -0.469 e. The van der Waals surface area contributed by atoms with Crippen molar-refractivity contribution in [3.8, 4) is 0 Å². The van der Waals surface area contributed by atoms with Crippen LogP contribution in [0.2, 0.25) is 0 Å². The highest BCUT2D eigenvalue weighted by Crippen LogP contribution is 2.37. The second-order valence-electron chi connectivity index (χ2n) is 3.73. The van der Waals surface area contributed by atoms with Crippen molar-refractivity contribution in [3.05, 3.63) is 0 Å². The van der Waals surface area contributed by atoms with Crippen LogP contribution in [0.25, 0.3) is 0 Å². The van der Waals surface area contributed by atoms with Gasteiger partial charge >= 0.3 is 5.97 Å². The second kappa shape index (κ2) is 3.27. The fourth-order valence-electron chi connectivity index (χ4n) is 2.28. The van der Waals surface area contributed by atoms with Crippen LogP contribution in [0.3, 0.4) is 0 Å². The molecular formula is C9H14O4. The molecule has 0 radical (unpaired) electrons. The zero-order valence-electron chi connectivity index (χ0n) is 7.60. The standard InChI is InChI=1S/C9H14O4/c1-12-9(11)8-6(10)4-5-2-3-7(8)13-5/h5-8,10H,2-4H2,1H3/t5-,6-,7+,8-/m1/s1. The first-order valence-corrected chi connectivity index (χ1v) is 4.63. The SMILES string of the molecule is COC(=O)[C@@H]1[C@H](O)C[C@H]2CC[C@@H]1O2. The Kier molecular flexibility index (Phi) is 2.26. The van der Waals surface area contributed by atoms with Gasteiger partial charge in [-0.25, -0.2) is 0 Å². The Bertz CT molecular complexity index is 216. The van der Waals surface area contributed by atoms with Crippen LogP contribution in [-0.4, -0.2) is 36.5 Å². The van der Waals surface area contributed by atoms with E-state index in [9.17, 15) is 9.90 Å². The predicted molar refractivity (Wildman–Crippen MR) is 44.0 cm³/mol. The number of carbonyl (C=O) groups is 1. The highest BCUT2D eigenvalue weighted by atomic mass is 16.5. The number of carbonyl (C=O) groups excluding carboxylic acids is 1. The Morgan fingerprint density at radius 1 is 1.54 bits per heavy atom. The van der Waals surface area contributed by atoms with Crippen LogP contribution in [0.5, 0.6) is 0 Å². The molecule has 0 amide bonds. The maximum absolute atomic E-state index is 11.3. The van der Waals surface area contributed by atoms with Gasteiger partial charge in [0.1, 0.15) is 5.92 Å². The number of methoxy groups -OCH3 is 1. The van der Waals surface area contributed by atoms with Gasteiger partial charge in [0.25, 0.3) is 0 Å². The van der Waals surface area contributed by atoms with E-state index in [0.29, 0.717) is 6.42 Å². The zero-order valence-corrected chi connectivity index (χ0v) is 7.60. The molecule has 13 heavy (non-hydrogen) atoms. The molecule has 0 aromatic heterocycles. The van der Waals surface area contributed by atoms with E-state index >= 15 is 0 Å². The van der Waals surface area contributed by atoms with E-state index in [1.807, 2.05) is 0 Å². The van der Waals surface area contributed by atoms with Crippen LogP contribution in [0.4, 0.5) is 0 Å². The van der Waals surface area contributed by atoms with E-state index in [4.69, 9.17) is 4.74 Å². The van der Waals surface area contributed by atoms with Crippen molar-refractivity contribution in [1.29, 1.82) is 0 Å². The summed E-state index contributed by atoms with van der Waals surface area (Å²) < 4.78 is 10.2. The monoisotopic (exact) mass is 186 g/mol. The first-order valence-electron chi connectivity index (χ1n) is 4.63. The first kappa shape index (κ1) is 8.97. The average molecular weight is 186 g/mol. The van der Waals surface area contributed by atoms with E-state index in [0.717, 1.165) is 12.8 Å². The van der Waals surface area contributed by atoms with Gasteiger partial charge in [0.15, 0.2) is 0 Å². The molecule has 0 aromatic carbocycles. The van der Waals surface area contributed by atoms with Gasteiger partial charge in [-0.05, 0) is 12.8 Å². The molecule has 1 N–H and O–H groups in total. The van der Waals surface area contributed by atoms with Gasteiger partial charge in [-0.15, -0.1) is 0 Å². The summed E-state index contributed by atoms with van der Waals surface area (Å²) in [5.41, 5.74) is 0. The van der Waals surface area contributed by atoms with Crippen LogP contribution in [-0.2, 0) is 14.3 Å². The second-order valence-corrected chi connectivity index (χ2v) is 3.73. The van der Waals surface area contributed by atoms with E-state index < -0.39 is 12.0 Å². The molecule has 2 aliphatic heterocycles. The summed E-state index contributed by atoms with van der Waals surface area (Å²) in [5, 5.41) is 9.67. The summed E-state index contributed by atoms with van der Waals surface area (Å²) in [5.74, 6) is -0.818. The van der Waals surface area contributed by atoms with Gasteiger partial charge < -0.3 is 14.6 Å². The third-order valence-electron chi connectivity index (χ3n) is 2.93. The Labute approximate surface area is 76.8 Å². The quantitative estimate of drug-likeness (QED) is 0.589. The Morgan fingerprint density at radius 2 is 2.31 bits per heavy atom. The van der Waals surface area contributed by atoms with Crippen molar-refractivity contribution in [3.63, 3.8) is 0 Å². The molecule has 2 rings (SSSR count). The fourth-order valence-corrected chi connectivity index (χ4v) is 2.28. The number of rotatable bonds is 1. The number of esters is 1. The lowest BCUT2D eigenvalue weighted by Gasteiger charge is -2.31.